The molecule has 242 valence electrons. The molecule has 0 aliphatic carbocycles. The smallest absolute Gasteiger partial charge is 0.248 e. The van der Waals surface area contributed by atoms with Gasteiger partial charge in [-0.15, -0.1) is 0 Å². The lowest BCUT2D eigenvalue weighted by molar-refractivity contribution is -0.138. The molecule has 2 amide bonds. The SMILES string of the molecule is CC(=O)c1nn2c3c(cc(-c4cnc(C)nc4)cc13)CCCCCCCCCCN([C@@H](C)C(=O)Nc1nc(Br)ccc1C)C(=O)C2. The van der Waals surface area contributed by atoms with Crippen LogP contribution >= 0.6 is 15.9 Å². The summed E-state index contributed by atoms with van der Waals surface area (Å²) in [6, 6.07) is 7.02. The van der Waals surface area contributed by atoms with Gasteiger partial charge in [0.15, 0.2) is 5.78 Å². The maximum Gasteiger partial charge on any atom is 0.248 e. The van der Waals surface area contributed by atoms with Gasteiger partial charge in [-0.05, 0) is 90.9 Å². The number of Topliss-reactive ketones (excluding diaryl/α,β-unsaturated/α-hetero) is 1. The molecule has 1 N–H and O–H groups in total. The van der Waals surface area contributed by atoms with Gasteiger partial charge < -0.3 is 10.2 Å². The van der Waals surface area contributed by atoms with Crippen molar-refractivity contribution in [3.63, 3.8) is 0 Å². The van der Waals surface area contributed by atoms with E-state index in [2.05, 4.69) is 42.3 Å². The molecule has 0 radical (unpaired) electrons. The van der Waals surface area contributed by atoms with E-state index in [0.29, 0.717) is 33.9 Å². The normalized spacial score (nSPS) is 15.9. The number of nitrogens with zero attached hydrogens (tertiary/aromatic N) is 6. The van der Waals surface area contributed by atoms with Crippen molar-refractivity contribution in [3.8, 4) is 11.1 Å². The fraction of sp³-hybridized carbons (Fsp3) is 0.457. The first-order valence-electron chi connectivity index (χ1n) is 16.2. The van der Waals surface area contributed by atoms with Crippen LogP contribution in [0.25, 0.3) is 22.0 Å². The molecule has 0 saturated carbocycles. The molecular weight excluding hydrogens is 646 g/mol. The number of hydrogen-bond donors (Lipinski definition) is 1. The number of ketones is 1. The minimum absolute atomic E-state index is 0.0877. The van der Waals surface area contributed by atoms with Crippen molar-refractivity contribution in [2.75, 3.05) is 11.9 Å². The molecule has 11 heteroatoms. The average molecular weight is 689 g/mol. The molecule has 46 heavy (non-hydrogen) atoms. The maximum absolute atomic E-state index is 14.1. The Balaban J connectivity index is 1.53. The van der Waals surface area contributed by atoms with Gasteiger partial charge in [0, 0.05) is 36.8 Å². The molecule has 10 nitrogen and oxygen atoms in total. The highest BCUT2D eigenvalue weighted by molar-refractivity contribution is 9.10. The van der Waals surface area contributed by atoms with Gasteiger partial charge >= 0.3 is 0 Å². The van der Waals surface area contributed by atoms with Crippen LogP contribution in [0.15, 0.2) is 41.3 Å². The van der Waals surface area contributed by atoms with Gasteiger partial charge in [-0.3, -0.25) is 19.1 Å². The minimum Gasteiger partial charge on any atom is -0.329 e. The van der Waals surface area contributed by atoms with Crippen LogP contribution in [0.1, 0.15) is 92.7 Å². The second-order valence-electron chi connectivity index (χ2n) is 12.2. The summed E-state index contributed by atoms with van der Waals surface area (Å²) >= 11 is 3.37. The molecule has 4 heterocycles. The van der Waals surface area contributed by atoms with E-state index >= 15 is 0 Å². The Bertz CT molecular complexity index is 1730. The Morgan fingerprint density at radius 3 is 2.30 bits per heavy atom. The number of halogens is 1. The lowest BCUT2D eigenvalue weighted by Crippen LogP contribution is -2.47. The molecule has 0 bridgehead atoms. The molecular formula is C35H42BrN7O3. The zero-order chi connectivity index (χ0) is 32.8. The van der Waals surface area contributed by atoms with E-state index in [-0.39, 0.29) is 24.1 Å². The lowest BCUT2D eigenvalue weighted by atomic mass is 9.96. The van der Waals surface area contributed by atoms with Gasteiger partial charge in [0.25, 0.3) is 0 Å². The molecule has 5 rings (SSSR count). The van der Waals surface area contributed by atoms with Gasteiger partial charge in [-0.1, -0.05) is 44.6 Å². The third-order valence-electron chi connectivity index (χ3n) is 8.72. The predicted molar refractivity (Wildman–Crippen MR) is 183 cm³/mol. The Morgan fingerprint density at radius 2 is 1.61 bits per heavy atom. The number of pyridine rings is 1. The van der Waals surface area contributed by atoms with Crippen molar-refractivity contribution < 1.29 is 14.4 Å². The van der Waals surface area contributed by atoms with E-state index < -0.39 is 6.04 Å². The van der Waals surface area contributed by atoms with Gasteiger partial charge in [0.1, 0.15) is 34.5 Å². The Kier molecular flexibility index (Phi) is 10.9. The van der Waals surface area contributed by atoms with Gasteiger partial charge in [-0.25, -0.2) is 15.0 Å². The molecule has 0 saturated heterocycles. The number of benzene rings is 1. The van der Waals surface area contributed by atoms with Gasteiger partial charge in [0.2, 0.25) is 11.8 Å². The van der Waals surface area contributed by atoms with Crippen LogP contribution < -0.4 is 5.32 Å². The zero-order valence-electron chi connectivity index (χ0n) is 27.1. The second kappa shape index (κ2) is 15.1. The standard InChI is InChI=1S/C35H42BrN7O3/c1-22-14-15-30(36)39-34(22)40-35(46)23(2)42-16-12-10-8-6-5-7-9-11-13-26-17-27(28-19-37-25(4)38-20-28)18-29-32(24(3)44)41-43(33(26)29)21-31(42)45/h14-15,17-20,23H,5-13,16,21H2,1-4H3,(H,39,40,46)/t23-/m0/s1. The van der Waals surface area contributed by atoms with E-state index in [1.165, 1.54) is 13.3 Å². The highest BCUT2D eigenvalue weighted by atomic mass is 79.9. The Hall–Kier alpha value is -3.99. The molecule has 1 atom stereocenters. The quantitative estimate of drug-likeness (QED) is 0.177. The number of nitrogens with one attached hydrogen (secondary N) is 1. The van der Waals surface area contributed by atoms with E-state index in [1.54, 1.807) is 28.9 Å². The summed E-state index contributed by atoms with van der Waals surface area (Å²) in [4.78, 5) is 55.4. The van der Waals surface area contributed by atoms with Crippen LogP contribution in [0.5, 0.6) is 0 Å². The van der Waals surface area contributed by atoms with Gasteiger partial charge in [0.05, 0.1) is 5.52 Å². The van der Waals surface area contributed by atoms with Crippen molar-refractivity contribution in [1.29, 1.82) is 0 Å². The largest absolute Gasteiger partial charge is 0.329 e. The third kappa shape index (κ3) is 7.86. The van der Waals surface area contributed by atoms with Crippen LogP contribution in [-0.2, 0) is 22.6 Å². The molecule has 0 fully saturated rings. The molecule has 3 aromatic heterocycles. The van der Waals surface area contributed by atoms with Gasteiger partial charge in [-0.2, -0.15) is 5.10 Å². The van der Waals surface area contributed by atoms with Crippen LogP contribution in [0.4, 0.5) is 5.82 Å². The van der Waals surface area contributed by atoms with Crippen molar-refractivity contribution in [3.05, 3.63) is 63.9 Å². The highest BCUT2D eigenvalue weighted by Gasteiger charge is 2.28. The van der Waals surface area contributed by atoms with E-state index in [1.807, 2.05) is 32.0 Å². The van der Waals surface area contributed by atoms with Crippen molar-refractivity contribution in [2.45, 2.75) is 98.1 Å². The molecule has 0 unspecified atom stereocenters. The minimum atomic E-state index is -0.742. The third-order valence-corrected chi connectivity index (χ3v) is 9.16. The summed E-state index contributed by atoms with van der Waals surface area (Å²) < 4.78 is 2.28. The van der Waals surface area contributed by atoms with Crippen molar-refractivity contribution in [1.82, 2.24) is 29.6 Å². The monoisotopic (exact) mass is 687 g/mol. The first-order valence-corrected chi connectivity index (χ1v) is 17.0. The number of hydrogen-bond acceptors (Lipinski definition) is 7. The number of anilines is 1. The van der Waals surface area contributed by atoms with Crippen LogP contribution in [0.2, 0.25) is 0 Å². The van der Waals surface area contributed by atoms with Crippen LogP contribution in [0.3, 0.4) is 0 Å². The maximum atomic E-state index is 14.1. The summed E-state index contributed by atoms with van der Waals surface area (Å²) in [6.07, 6.45) is 12.8. The average Bonchev–Trinajstić information content (AvgIpc) is 3.39. The van der Waals surface area contributed by atoms with Crippen molar-refractivity contribution >= 4 is 50.2 Å². The number of amides is 2. The first-order chi connectivity index (χ1) is 22.1. The molecule has 1 aliphatic heterocycles. The number of carbonyl (C=O) groups is 3. The Labute approximate surface area is 278 Å². The van der Waals surface area contributed by atoms with E-state index in [0.717, 1.165) is 79.1 Å². The molecule has 1 aliphatic rings. The van der Waals surface area contributed by atoms with E-state index in [4.69, 9.17) is 5.10 Å². The van der Waals surface area contributed by atoms with Crippen LogP contribution in [0, 0.1) is 13.8 Å². The molecule has 0 spiro atoms. The first kappa shape index (κ1) is 33.4. The summed E-state index contributed by atoms with van der Waals surface area (Å²) in [7, 11) is 0. The lowest BCUT2D eigenvalue weighted by Gasteiger charge is -2.29. The van der Waals surface area contributed by atoms with Crippen molar-refractivity contribution in [2.24, 2.45) is 0 Å². The number of aryl methyl sites for hydroxylation is 3. The fourth-order valence-electron chi connectivity index (χ4n) is 6.08. The molecule has 4 aromatic rings. The van der Waals surface area contributed by atoms with E-state index in [9.17, 15) is 14.4 Å². The molecule has 1 aromatic carbocycles. The topological polar surface area (TPSA) is 123 Å². The zero-order valence-corrected chi connectivity index (χ0v) is 28.7. The number of rotatable bonds is 5. The highest BCUT2D eigenvalue weighted by Crippen LogP contribution is 2.32. The summed E-state index contributed by atoms with van der Waals surface area (Å²) in [5.41, 5.74) is 4.73. The Morgan fingerprint density at radius 1 is 0.935 bits per heavy atom. The predicted octanol–water partition coefficient (Wildman–Crippen LogP) is 7.00. The summed E-state index contributed by atoms with van der Waals surface area (Å²) in [6.45, 7) is 7.33. The summed E-state index contributed by atoms with van der Waals surface area (Å²) in [5.74, 6) is 0.431. The van der Waals surface area contributed by atoms with Crippen LogP contribution in [-0.4, -0.2) is 59.8 Å². The summed E-state index contributed by atoms with van der Waals surface area (Å²) in [5, 5.41) is 8.35. The second-order valence-corrected chi connectivity index (χ2v) is 13.1. The fourth-order valence-corrected chi connectivity index (χ4v) is 6.39. The number of carbonyl (C=O) groups excluding carboxylic acids is 3. The number of aromatic nitrogens is 5.